The molecule has 0 spiro atoms. The summed E-state index contributed by atoms with van der Waals surface area (Å²) in [4.78, 5) is 12.4. The highest BCUT2D eigenvalue weighted by Gasteiger charge is 2.26. The first-order valence-electron chi connectivity index (χ1n) is 7.39. The van der Waals surface area contributed by atoms with Gasteiger partial charge in [0.15, 0.2) is 21.3 Å². The third-order valence-electron chi connectivity index (χ3n) is 3.62. The summed E-state index contributed by atoms with van der Waals surface area (Å²) in [6, 6.07) is 13.6. The molecule has 6 nitrogen and oxygen atoms in total. The largest absolute Gasteiger partial charge is 0.485 e. The van der Waals surface area contributed by atoms with Crippen LogP contribution in [0.25, 0.3) is 0 Å². The summed E-state index contributed by atoms with van der Waals surface area (Å²) < 4.78 is 34.0. The number of ether oxygens (including phenoxy) is 2. The minimum atomic E-state index is -3.22. The third kappa shape index (κ3) is 3.68. The van der Waals surface area contributed by atoms with Gasteiger partial charge in [-0.1, -0.05) is 24.3 Å². The standard InChI is InChI=1S/C17H17NO5S/c1-24(20,21)13-8-6-12(7-9-13)10-18-17(19)16-11-22-14-4-2-3-5-15(14)23-16/h2-9,16H,10-11H2,1H3,(H,18,19)/t16-/m0/s1. The fourth-order valence-electron chi connectivity index (χ4n) is 2.31. The van der Waals surface area contributed by atoms with Crippen LogP contribution in [0.5, 0.6) is 11.5 Å². The molecule has 24 heavy (non-hydrogen) atoms. The topological polar surface area (TPSA) is 81.7 Å². The summed E-state index contributed by atoms with van der Waals surface area (Å²) >= 11 is 0. The maximum atomic E-state index is 12.2. The van der Waals surface area contributed by atoms with Crippen molar-refractivity contribution >= 4 is 15.7 Å². The van der Waals surface area contributed by atoms with Crippen molar-refractivity contribution < 1.29 is 22.7 Å². The molecule has 0 radical (unpaired) electrons. The van der Waals surface area contributed by atoms with Crippen molar-refractivity contribution in [3.8, 4) is 11.5 Å². The van der Waals surface area contributed by atoms with Crippen molar-refractivity contribution in [3.05, 3.63) is 54.1 Å². The molecule has 0 bridgehead atoms. The van der Waals surface area contributed by atoms with E-state index in [0.717, 1.165) is 11.8 Å². The van der Waals surface area contributed by atoms with Crippen LogP contribution in [0.1, 0.15) is 5.56 Å². The van der Waals surface area contributed by atoms with Crippen molar-refractivity contribution in [2.75, 3.05) is 12.9 Å². The predicted octanol–water partition coefficient (Wildman–Crippen LogP) is 1.55. The van der Waals surface area contributed by atoms with Crippen molar-refractivity contribution in [1.82, 2.24) is 5.32 Å². The van der Waals surface area contributed by atoms with E-state index in [-0.39, 0.29) is 24.0 Å². The molecule has 0 fully saturated rings. The summed E-state index contributed by atoms with van der Waals surface area (Å²) in [7, 11) is -3.22. The van der Waals surface area contributed by atoms with Crippen molar-refractivity contribution in [3.63, 3.8) is 0 Å². The monoisotopic (exact) mass is 347 g/mol. The second-order valence-corrected chi connectivity index (χ2v) is 7.51. The minimum Gasteiger partial charge on any atom is -0.485 e. The predicted molar refractivity (Wildman–Crippen MR) is 87.8 cm³/mol. The van der Waals surface area contributed by atoms with Crippen LogP contribution in [-0.2, 0) is 21.2 Å². The van der Waals surface area contributed by atoms with Gasteiger partial charge in [-0.25, -0.2) is 8.42 Å². The number of amides is 1. The average molecular weight is 347 g/mol. The molecule has 0 aliphatic carbocycles. The van der Waals surface area contributed by atoms with E-state index in [0.29, 0.717) is 11.5 Å². The Morgan fingerprint density at radius 1 is 1.12 bits per heavy atom. The van der Waals surface area contributed by atoms with Crippen LogP contribution < -0.4 is 14.8 Å². The number of rotatable bonds is 4. The molecule has 126 valence electrons. The first-order valence-corrected chi connectivity index (χ1v) is 9.28. The lowest BCUT2D eigenvalue weighted by Crippen LogP contribution is -2.43. The molecule has 0 saturated heterocycles. The molecule has 1 aliphatic rings. The Labute approximate surface area is 140 Å². The number of fused-ring (bicyclic) bond motifs is 1. The molecular formula is C17H17NO5S. The number of para-hydroxylation sites is 2. The number of hydrogen-bond acceptors (Lipinski definition) is 5. The zero-order valence-electron chi connectivity index (χ0n) is 13.1. The Balaban J connectivity index is 1.58. The number of sulfone groups is 1. The maximum absolute atomic E-state index is 12.2. The van der Waals surface area contributed by atoms with Gasteiger partial charge in [-0.15, -0.1) is 0 Å². The molecule has 0 saturated carbocycles. The number of benzene rings is 2. The van der Waals surface area contributed by atoms with Crippen molar-refractivity contribution in [1.29, 1.82) is 0 Å². The van der Waals surface area contributed by atoms with Gasteiger partial charge in [-0.3, -0.25) is 4.79 Å². The first-order chi connectivity index (χ1) is 11.4. The SMILES string of the molecule is CS(=O)(=O)c1ccc(CNC(=O)[C@@H]2COc3ccccc3O2)cc1. The van der Waals surface area contributed by atoms with Crippen molar-refractivity contribution in [2.45, 2.75) is 17.5 Å². The molecular weight excluding hydrogens is 330 g/mol. The van der Waals surface area contributed by atoms with E-state index in [4.69, 9.17) is 9.47 Å². The van der Waals surface area contributed by atoms with E-state index in [1.807, 2.05) is 12.1 Å². The Kier molecular flexibility index (Phi) is 4.44. The van der Waals surface area contributed by atoms with Crippen molar-refractivity contribution in [2.24, 2.45) is 0 Å². The Morgan fingerprint density at radius 2 is 1.79 bits per heavy atom. The van der Waals surface area contributed by atoms with Crippen LogP contribution in [-0.4, -0.2) is 33.3 Å². The number of hydrogen-bond donors (Lipinski definition) is 1. The minimum absolute atomic E-state index is 0.149. The lowest BCUT2D eigenvalue weighted by atomic mass is 10.2. The summed E-state index contributed by atoms with van der Waals surface area (Å²) in [5.74, 6) is 0.885. The number of carbonyl (C=O) groups excluding carboxylic acids is 1. The van der Waals surface area contributed by atoms with Crippen LogP contribution in [0.15, 0.2) is 53.4 Å². The van der Waals surface area contributed by atoms with Gasteiger partial charge in [0.25, 0.3) is 5.91 Å². The molecule has 7 heteroatoms. The molecule has 1 aliphatic heterocycles. The van der Waals surface area contributed by atoms with E-state index < -0.39 is 15.9 Å². The summed E-state index contributed by atoms with van der Waals surface area (Å²) in [5, 5.41) is 2.76. The van der Waals surface area contributed by atoms with Crippen LogP contribution >= 0.6 is 0 Å². The highest BCUT2D eigenvalue weighted by atomic mass is 32.2. The molecule has 1 atom stereocenters. The lowest BCUT2D eigenvalue weighted by Gasteiger charge is -2.25. The van der Waals surface area contributed by atoms with Gasteiger partial charge in [0, 0.05) is 12.8 Å². The van der Waals surface area contributed by atoms with Gasteiger partial charge >= 0.3 is 0 Å². The average Bonchev–Trinajstić information content (AvgIpc) is 2.59. The Bertz CT molecular complexity index is 846. The Hall–Kier alpha value is -2.54. The second kappa shape index (κ2) is 6.52. The molecule has 2 aromatic carbocycles. The maximum Gasteiger partial charge on any atom is 0.264 e. The molecule has 3 rings (SSSR count). The molecule has 1 amide bonds. The molecule has 2 aromatic rings. The van der Waals surface area contributed by atoms with Gasteiger partial charge in [0.2, 0.25) is 6.10 Å². The van der Waals surface area contributed by atoms with Crippen LogP contribution in [0.3, 0.4) is 0 Å². The van der Waals surface area contributed by atoms with Crippen LogP contribution in [0, 0.1) is 0 Å². The number of nitrogens with one attached hydrogen (secondary N) is 1. The smallest absolute Gasteiger partial charge is 0.264 e. The molecule has 0 aromatic heterocycles. The second-order valence-electron chi connectivity index (χ2n) is 5.50. The van der Waals surface area contributed by atoms with Gasteiger partial charge in [0.05, 0.1) is 4.90 Å². The highest BCUT2D eigenvalue weighted by molar-refractivity contribution is 7.90. The zero-order valence-corrected chi connectivity index (χ0v) is 13.9. The van der Waals surface area contributed by atoms with Gasteiger partial charge in [-0.2, -0.15) is 0 Å². The van der Waals surface area contributed by atoms with Gasteiger partial charge in [-0.05, 0) is 29.8 Å². The van der Waals surface area contributed by atoms with E-state index >= 15 is 0 Å². The van der Waals surface area contributed by atoms with Gasteiger partial charge in [0.1, 0.15) is 6.61 Å². The normalized spacial score (nSPS) is 16.5. The summed E-state index contributed by atoms with van der Waals surface area (Å²) in [6.45, 7) is 0.431. The molecule has 0 unspecified atom stereocenters. The lowest BCUT2D eigenvalue weighted by molar-refractivity contribution is -0.130. The third-order valence-corrected chi connectivity index (χ3v) is 4.75. The van der Waals surface area contributed by atoms with Crippen LogP contribution in [0.2, 0.25) is 0 Å². The first kappa shape index (κ1) is 16.3. The van der Waals surface area contributed by atoms with Gasteiger partial charge < -0.3 is 14.8 Å². The summed E-state index contributed by atoms with van der Waals surface area (Å²) in [6.07, 6.45) is 0.442. The quantitative estimate of drug-likeness (QED) is 0.907. The summed E-state index contributed by atoms with van der Waals surface area (Å²) in [5.41, 5.74) is 0.799. The molecule has 1 N–H and O–H groups in total. The zero-order chi connectivity index (χ0) is 17.2. The van der Waals surface area contributed by atoms with E-state index in [2.05, 4.69) is 5.32 Å². The fourth-order valence-corrected chi connectivity index (χ4v) is 2.94. The van der Waals surface area contributed by atoms with E-state index in [1.54, 1.807) is 24.3 Å². The van der Waals surface area contributed by atoms with Crippen LogP contribution in [0.4, 0.5) is 0 Å². The Morgan fingerprint density at radius 3 is 2.46 bits per heavy atom. The molecule has 1 heterocycles. The van der Waals surface area contributed by atoms with E-state index in [1.165, 1.54) is 12.1 Å². The fraction of sp³-hybridized carbons (Fsp3) is 0.235. The number of carbonyl (C=O) groups is 1. The van der Waals surface area contributed by atoms with E-state index in [9.17, 15) is 13.2 Å². The highest BCUT2D eigenvalue weighted by Crippen LogP contribution is 2.30.